The molecule has 0 rings (SSSR count). The Morgan fingerprint density at radius 3 is 2.43 bits per heavy atom. The van der Waals surface area contributed by atoms with Gasteiger partial charge >= 0.3 is 0 Å². The molecule has 0 N–H and O–H groups in total. The molecule has 0 aliphatic carbocycles. The first-order valence-corrected chi connectivity index (χ1v) is 5.68. The topological polar surface area (TPSA) is 3.24 Å². The zero-order valence-electron chi connectivity index (χ0n) is 10.3. The zero-order valence-corrected chi connectivity index (χ0v) is 10.3. The molecule has 0 aromatic carbocycles. The molecule has 0 spiro atoms. The van der Waals surface area contributed by atoms with Gasteiger partial charge in [0.25, 0.3) is 0 Å². The molecule has 0 saturated carbocycles. The zero-order chi connectivity index (χ0) is 11.0. The summed E-state index contributed by atoms with van der Waals surface area (Å²) in [5.74, 6) is 0.832. The van der Waals surface area contributed by atoms with Gasteiger partial charge in [-0.25, -0.2) is 0 Å². The SMILES string of the molecule is C=C=C(CC[C@@H](C)CCCC)N(C)C. The second-order valence-electron chi connectivity index (χ2n) is 4.30. The van der Waals surface area contributed by atoms with Crippen molar-refractivity contribution in [2.45, 2.75) is 46.0 Å². The van der Waals surface area contributed by atoms with Crippen LogP contribution in [-0.2, 0) is 0 Å². The van der Waals surface area contributed by atoms with E-state index in [0.29, 0.717) is 0 Å². The molecule has 0 amide bonds. The van der Waals surface area contributed by atoms with Crippen molar-refractivity contribution in [2.75, 3.05) is 14.1 Å². The number of hydrogen-bond acceptors (Lipinski definition) is 1. The van der Waals surface area contributed by atoms with E-state index >= 15 is 0 Å². The lowest BCUT2D eigenvalue weighted by molar-refractivity contribution is 0.425. The van der Waals surface area contributed by atoms with Crippen molar-refractivity contribution in [2.24, 2.45) is 5.92 Å². The highest BCUT2D eigenvalue weighted by Crippen LogP contribution is 2.17. The summed E-state index contributed by atoms with van der Waals surface area (Å²) in [6.45, 7) is 8.31. The maximum Gasteiger partial charge on any atom is 0.0552 e. The molecule has 0 unspecified atom stereocenters. The van der Waals surface area contributed by atoms with Crippen molar-refractivity contribution in [3.05, 3.63) is 18.0 Å². The van der Waals surface area contributed by atoms with Crippen LogP contribution in [0.3, 0.4) is 0 Å². The third kappa shape index (κ3) is 5.88. The number of rotatable bonds is 7. The third-order valence-electron chi connectivity index (χ3n) is 2.67. The van der Waals surface area contributed by atoms with E-state index in [1.165, 1.54) is 31.4 Å². The molecule has 1 atom stereocenters. The Morgan fingerprint density at radius 1 is 1.36 bits per heavy atom. The molecule has 1 nitrogen and oxygen atoms in total. The lowest BCUT2D eigenvalue weighted by Gasteiger charge is -2.17. The Labute approximate surface area is 89.5 Å². The van der Waals surface area contributed by atoms with Crippen molar-refractivity contribution >= 4 is 0 Å². The van der Waals surface area contributed by atoms with Gasteiger partial charge in [-0.1, -0.05) is 39.7 Å². The van der Waals surface area contributed by atoms with Crippen LogP contribution in [0.5, 0.6) is 0 Å². The maximum absolute atomic E-state index is 3.72. The van der Waals surface area contributed by atoms with E-state index in [9.17, 15) is 0 Å². The molecular formula is C13H25N. The monoisotopic (exact) mass is 195 g/mol. The predicted octanol–water partition coefficient (Wildman–Crippen LogP) is 3.82. The first-order valence-electron chi connectivity index (χ1n) is 5.68. The summed E-state index contributed by atoms with van der Waals surface area (Å²) >= 11 is 0. The van der Waals surface area contributed by atoms with Crippen LogP contribution in [0.1, 0.15) is 46.0 Å². The largest absolute Gasteiger partial charge is 0.375 e. The summed E-state index contributed by atoms with van der Waals surface area (Å²) in [7, 11) is 4.12. The smallest absolute Gasteiger partial charge is 0.0552 e. The van der Waals surface area contributed by atoms with Gasteiger partial charge in [-0.2, -0.15) is 0 Å². The Bertz CT molecular complexity index is 187. The number of allylic oxidation sites excluding steroid dienone is 1. The fourth-order valence-electron chi connectivity index (χ4n) is 1.55. The van der Waals surface area contributed by atoms with Crippen LogP contribution in [0, 0.1) is 5.92 Å². The molecule has 0 heterocycles. The van der Waals surface area contributed by atoms with Gasteiger partial charge in [0.05, 0.1) is 5.70 Å². The molecule has 0 aliphatic rings. The van der Waals surface area contributed by atoms with Crippen LogP contribution in [0.25, 0.3) is 0 Å². The van der Waals surface area contributed by atoms with Gasteiger partial charge in [-0.15, -0.1) is 5.73 Å². The number of hydrogen-bond donors (Lipinski definition) is 0. The number of unbranched alkanes of at least 4 members (excludes halogenated alkanes) is 1. The summed E-state index contributed by atoms with van der Waals surface area (Å²) in [6.07, 6.45) is 6.39. The van der Waals surface area contributed by atoms with Crippen LogP contribution in [0.2, 0.25) is 0 Å². The first-order chi connectivity index (χ1) is 6.61. The van der Waals surface area contributed by atoms with Crippen LogP contribution < -0.4 is 0 Å². The van der Waals surface area contributed by atoms with Crippen LogP contribution in [0.15, 0.2) is 18.0 Å². The van der Waals surface area contributed by atoms with E-state index in [1.54, 1.807) is 0 Å². The Kier molecular flexibility index (Phi) is 7.32. The minimum Gasteiger partial charge on any atom is -0.375 e. The predicted molar refractivity (Wildman–Crippen MR) is 64.3 cm³/mol. The Hall–Kier alpha value is -0.680. The first kappa shape index (κ1) is 13.3. The van der Waals surface area contributed by atoms with Crippen molar-refractivity contribution < 1.29 is 0 Å². The average Bonchev–Trinajstić information content (AvgIpc) is 2.15. The molecular weight excluding hydrogens is 170 g/mol. The van der Waals surface area contributed by atoms with Crippen molar-refractivity contribution in [3.8, 4) is 0 Å². The van der Waals surface area contributed by atoms with Gasteiger partial charge in [-0.05, 0) is 18.8 Å². The minimum atomic E-state index is 0.832. The minimum absolute atomic E-state index is 0.832. The molecule has 0 fully saturated rings. The van der Waals surface area contributed by atoms with E-state index in [1.807, 2.05) is 0 Å². The number of nitrogens with zero attached hydrogens (tertiary/aromatic N) is 1. The normalized spacial score (nSPS) is 12.0. The Morgan fingerprint density at radius 2 is 2.00 bits per heavy atom. The molecule has 0 aliphatic heterocycles. The van der Waals surface area contributed by atoms with E-state index in [0.717, 1.165) is 12.3 Å². The van der Waals surface area contributed by atoms with Gasteiger partial charge in [0, 0.05) is 14.1 Å². The molecule has 0 radical (unpaired) electrons. The Balaban J connectivity index is 3.75. The highest BCUT2D eigenvalue weighted by atomic mass is 15.1. The molecule has 0 aromatic heterocycles. The van der Waals surface area contributed by atoms with Gasteiger partial charge in [0.2, 0.25) is 0 Å². The highest BCUT2D eigenvalue weighted by Gasteiger charge is 2.04. The van der Waals surface area contributed by atoms with Gasteiger partial charge < -0.3 is 4.90 Å². The van der Waals surface area contributed by atoms with Crippen LogP contribution in [-0.4, -0.2) is 19.0 Å². The lowest BCUT2D eigenvalue weighted by Crippen LogP contribution is -2.11. The van der Waals surface area contributed by atoms with E-state index in [-0.39, 0.29) is 0 Å². The summed E-state index contributed by atoms with van der Waals surface area (Å²) in [6, 6.07) is 0. The fraction of sp³-hybridized carbons (Fsp3) is 0.769. The molecule has 82 valence electrons. The van der Waals surface area contributed by atoms with Crippen molar-refractivity contribution in [3.63, 3.8) is 0 Å². The molecule has 1 heteroatoms. The summed E-state index contributed by atoms with van der Waals surface area (Å²) in [5.41, 5.74) is 4.24. The van der Waals surface area contributed by atoms with Gasteiger partial charge in [0.15, 0.2) is 0 Å². The molecule has 0 saturated heterocycles. The summed E-state index contributed by atoms with van der Waals surface area (Å²) in [4.78, 5) is 2.11. The highest BCUT2D eigenvalue weighted by molar-refractivity contribution is 4.96. The van der Waals surface area contributed by atoms with Crippen molar-refractivity contribution in [1.82, 2.24) is 4.90 Å². The van der Waals surface area contributed by atoms with E-state index < -0.39 is 0 Å². The lowest BCUT2D eigenvalue weighted by atomic mass is 9.98. The standard InChI is InChI=1S/C13H25N/c1-6-8-9-12(3)10-11-13(7-2)14(4)5/h12H,2,6,8-11H2,1,3-5H3/t12-/m0/s1. The average molecular weight is 195 g/mol. The molecule has 14 heavy (non-hydrogen) atoms. The second kappa shape index (κ2) is 7.70. The van der Waals surface area contributed by atoms with E-state index in [4.69, 9.17) is 0 Å². The van der Waals surface area contributed by atoms with Gasteiger partial charge in [0.1, 0.15) is 0 Å². The van der Waals surface area contributed by atoms with Crippen LogP contribution in [0.4, 0.5) is 0 Å². The van der Waals surface area contributed by atoms with Crippen molar-refractivity contribution in [1.29, 1.82) is 0 Å². The molecule has 0 bridgehead atoms. The summed E-state index contributed by atoms with van der Waals surface area (Å²) in [5, 5.41) is 0. The quantitative estimate of drug-likeness (QED) is 0.558. The fourth-order valence-corrected chi connectivity index (χ4v) is 1.55. The van der Waals surface area contributed by atoms with E-state index in [2.05, 4.69) is 45.2 Å². The second-order valence-corrected chi connectivity index (χ2v) is 4.30. The summed E-state index contributed by atoms with van der Waals surface area (Å²) < 4.78 is 0. The van der Waals surface area contributed by atoms with Crippen LogP contribution >= 0.6 is 0 Å². The van der Waals surface area contributed by atoms with Gasteiger partial charge in [-0.3, -0.25) is 0 Å². The molecule has 0 aromatic rings. The third-order valence-corrected chi connectivity index (χ3v) is 2.67. The maximum atomic E-state index is 3.72.